The molecule has 18 nitrogen and oxygen atoms in total. The molecular weight excluding hydrogens is 1180 g/mol. The van der Waals surface area contributed by atoms with Gasteiger partial charge in [-0.1, -0.05) is 148 Å². The molecule has 0 aliphatic carbocycles. The molecule has 0 unspecified atom stereocenters. The molecule has 90 heavy (non-hydrogen) atoms. The van der Waals surface area contributed by atoms with Crippen molar-refractivity contribution in [3.8, 4) is 23.0 Å². The van der Waals surface area contributed by atoms with Crippen LogP contribution < -0.4 is 41.0 Å². The van der Waals surface area contributed by atoms with Gasteiger partial charge in [0, 0.05) is 36.7 Å². The maximum Gasteiger partial charge on any atom is 0.351 e. The Hall–Kier alpha value is -8.56. The Morgan fingerprint density at radius 3 is 1.04 bits per heavy atom. The number of hydrogen-bond donors (Lipinski definition) is 2. The van der Waals surface area contributed by atoms with Gasteiger partial charge in [-0.15, -0.1) is 23.5 Å². The molecule has 0 radical (unpaired) electrons. The van der Waals surface area contributed by atoms with Crippen LogP contribution in [0.3, 0.4) is 0 Å². The highest BCUT2D eigenvalue weighted by molar-refractivity contribution is 8.00. The number of carbonyl (C=O) groups is 2. The normalized spacial score (nSPS) is 16.4. The third-order valence-corrected chi connectivity index (χ3v) is 18.4. The third kappa shape index (κ3) is 15.7. The highest BCUT2D eigenvalue weighted by atomic mass is 32.2. The van der Waals surface area contributed by atoms with Crippen molar-refractivity contribution in [1.82, 2.24) is 19.1 Å². The second-order valence-electron chi connectivity index (χ2n) is 21.8. The van der Waals surface area contributed by atoms with Crippen LogP contribution in [0, 0.1) is 0 Å². The minimum Gasteiger partial charge on any atom is -0.497 e. The van der Waals surface area contributed by atoms with Crippen molar-refractivity contribution in [1.29, 1.82) is 0 Å². The number of anilines is 2. The average molecular weight is 1260 g/mol. The summed E-state index contributed by atoms with van der Waals surface area (Å²) in [7, 11) is 6.52. The Bertz CT molecular complexity index is 3370. The van der Waals surface area contributed by atoms with E-state index in [2.05, 4.69) is 20.6 Å². The molecule has 470 valence electrons. The molecule has 4 atom stereocenters. The van der Waals surface area contributed by atoms with Crippen LogP contribution in [0.25, 0.3) is 0 Å². The van der Waals surface area contributed by atoms with E-state index in [1.54, 1.807) is 53.0 Å². The molecular formula is C70H76N6O12S2. The van der Waals surface area contributed by atoms with E-state index < -0.39 is 45.8 Å². The number of unbranched alkanes of at least 4 members (excludes halogenated alkanes) is 7. The quantitative estimate of drug-likeness (QED) is 0.0236. The summed E-state index contributed by atoms with van der Waals surface area (Å²) in [6, 6.07) is 54.8. The first-order chi connectivity index (χ1) is 44.0. The van der Waals surface area contributed by atoms with Crippen molar-refractivity contribution in [3.63, 3.8) is 0 Å². The Labute approximate surface area is 533 Å². The summed E-state index contributed by atoms with van der Waals surface area (Å²) in [4.78, 5) is 62.0. The van der Waals surface area contributed by atoms with Gasteiger partial charge < -0.3 is 48.5 Å². The summed E-state index contributed by atoms with van der Waals surface area (Å²) in [5.41, 5.74) is 1.73. The smallest absolute Gasteiger partial charge is 0.351 e. The number of benzene rings is 6. The number of rotatable bonds is 31. The maximum atomic E-state index is 13.7. The summed E-state index contributed by atoms with van der Waals surface area (Å²) in [5, 5.41) is 7.30. The van der Waals surface area contributed by atoms with Gasteiger partial charge in [0.15, 0.2) is 0 Å². The van der Waals surface area contributed by atoms with E-state index in [1.165, 1.54) is 32.7 Å². The van der Waals surface area contributed by atoms with E-state index in [-0.39, 0.29) is 25.2 Å². The van der Waals surface area contributed by atoms with Gasteiger partial charge in [-0.25, -0.2) is 9.59 Å². The van der Waals surface area contributed by atoms with E-state index in [4.69, 9.17) is 37.9 Å². The molecule has 2 aromatic heterocycles. The Morgan fingerprint density at radius 1 is 0.444 bits per heavy atom. The zero-order valence-electron chi connectivity index (χ0n) is 51.0. The van der Waals surface area contributed by atoms with Crippen molar-refractivity contribution in [2.24, 2.45) is 0 Å². The molecule has 8 aromatic rings. The molecule has 2 aliphatic heterocycles. The predicted molar refractivity (Wildman–Crippen MR) is 350 cm³/mol. The average Bonchev–Trinajstić information content (AvgIpc) is 0.946. The summed E-state index contributed by atoms with van der Waals surface area (Å²) in [5.74, 6) is 4.02. The van der Waals surface area contributed by atoms with Gasteiger partial charge in [0.2, 0.25) is 0 Å². The van der Waals surface area contributed by atoms with Crippen molar-refractivity contribution < 1.29 is 47.5 Å². The van der Waals surface area contributed by atoms with Crippen LogP contribution in [0.1, 0.15) is 110 Å². The minimum absolute atomic E-state index is 0.0825. The van der Waals surface area contributed by atoms with Crippen LogP contribution in [0.4, 0.5) is 11.6 Å². The van der Waals surface area contributed by atoms with Crippen LogP contribution >= 0.6 is 23.5 Å². The van der Waals surface area contributed by atoms with E-state index in [9.17, 15) is 19.2 Å². The highest BCUT2D eigenvalue weighted by Crippen LogP contribution is 2.43. The maximum absolute atomic E-state index is 13.7. The largest absolute Gasteiger partial charge is 0.497 e. The molecule has 2 saturated heterocycles. The Morgan fingerprint density at radius 2 is 0.744 bits per heavy atom. The summed E-state index contributed by atoms with van der Waals surface area (Å²) in [6.07, 6.45) is 10.2. The first-order valence-corrected chi connectivity index (χ1v) is 32.4. The molecule has 2 N–H and O–H groups in total. The SMILES string of the molecule is COc1ccc(C(Nc2ccn([C@@H]3CS[C@H](COC(=O)CCCCCCCCCCC(=O)OC[C@@H]4O[C@H](n5ccc(NC(c6ccccc6)(c6ccc(OC)cc6)c6ccc(OC)cc6)nc5=O)CS4)O3)c(=O)n2)(c2ccccc2)c2ccc(OC)cc2)cc1. The van der Waals surface area contributed by atoms with E-state index >= 15 is 0 Å². The van der Waals surface area contributed by atoms with Crippen molar-refractivity contribution in [2.45, 2.75) is 98.6 Å². The fourth-order valence-corrected chi connectivity index (χ4v) is 13.4. The van der Waals surface area contributed by atoms with Gasteiger partial charge in [-0.05, 0) is 107 Å². The number of aromatic nitrogens is 4. The van der Waals surface area contributed by atoms with E-state index in [0.717, 1.165) is 84.7 Å². The zero-order chi connectivity index (χ0) is 62.7. The second-order valence-corrected chi connectivity index (χ2v) is 24.2. The molecule has 2 aliphatic rings. The minimum atomic E-state index is -0.965. The van der Waals surface area contributed by atoms with E-state index in [1.807, 2.05) is 158 Å². The molecule has 6 aromatic carbocycles. The van der Waals surface area contributed by atoms with Gasteiger partial charge >= 0.3 is 23.3 Å². The lowest BCUT2D eigenvalue weighted by atomic mass is 9.77. The lowest BCUT2D eigenvalue weighted by Gasteiger charge is -2.37. The topological polar surface area (TPSA) is 202 Å². The summed E-state index contributed by atoms with van der Waals surface area (Å²) < 4.78 is 48.5. The summed E-state index contributed by atoms with van der Waals surface area (Å²) in [6.45, 7) is 0.165. The number of nitrogens with one attached hydrogen (secondary N) is 2. The molecule has 10 rings (SSSR count). The molecule has 2 fully saturated rings. The van der Waals surface area contributed by atoms with Gasteiger partial charge in [-0.3, -0.25) is 18.7 Å². The third-order valence-electron chi connectivity index (χ3n) is 16.2. The Balaban J connectivity index is 0.606. The number of esters is 2. The lowest BCUT2D eigenvalue weighted by Crippen LogP contribution is -2.39. The zero-order valence-corrected chi connectivity index (χ0v) is 52.7. The van der Waals surface area contributed by atoms with Crippen LogP contribution in [-0.4, -0.2) is 95.1 Å². The molecule has 0 spiro atoms. The van der Waals surface area contributed by atoms with Crippen LogP contribution in [0.2, 0.25) is 0 Å². The molecule has 0 amide bonds. The number of methoxy groups -OCH3 is 4. The number of ether oxygens (including phenoxy) is 8. The number of thioether (sulfide) groups is 2. The monoisotopic (exact) mass is 1260 g/mol. The van der Waals surface area contributed by atoms with Crippen LogP contribution in [0.5, 0.6) is 23.0 Å². The van der Waals surface area contributed by atoms with E-state index in [0.29, 0.717) is 59.0 Å². The highest BCUT2D eigenvalue weighted by Gasteiger charge is 2.40. The van der Waals surface area contributed by atoms with Crippen LogP contribution in [-0.2, 0) is 39.6 Å². The Kier molecular flexibility index (Phi) is 22.4. The number of carbonyl (C=O) groups excluding carboxylic acids is 2. The fourth-order valence-electron chi connectivity index (χ4n) is 11.4. The van der Waals surface area contributed by atoms with Gasteiger partial charge in [0.1, 0.15) is 82.3 Å². The molecule has 0 bridgehead atoms. The second kappa shape index (κ2) is 31.3. The number of hydrogen-bond acceptors (Lipinski definition) is 18. The number of nitrogens with zero attached hydrogens (tertiary/aromatic N) is 4. The summed E-state index contributed by atoms with van der Waals surface area (Å²) >= 11 is 2.98. The first-order valence-electron chi connectivity index (χ1n) is 30.3. The van der Waals surface area contributed by atoms with Gasteiger partial charge in [0.25, 0.3) is 0 Å². The predicted octanol–water partition coefficient (Wildman–Crippen LogP) is 12.5. The van der Waals surface area contributed by atoms with Crippen molar-refractivity contribution in [3.05, 3.63) is 237 Å². The van der Waals surface area contributed by atoms with Crippen LogP contribution in [0.15, 0.2) is 192 Å². The molecule has 20 heteroatoms. The van der Waals surface area contributed by atoms with Gasteiger partial charge in [-0.2, -0.15) is 9.97 Å². The van der Waals surface area contributed by atoms with Gasteiger partial charge in [0.05, 0.1) is 28.4 Å². The lowest BCUT2D eigenvalue weighted by molar-refractivity contribution is -0.147. The van der Waals surface area contributed by atoms with Crippen molar-refractivity contribution in [2.75, 3.05) is 63.8 Å². The fraction of sp³-hybridized carbons (Fsp3) is 0.343. The van der Waals surface area contributed by atoms with Crippen molar-refractivity contribution >= 4 is 47.1 Å². The molecule has 4 heterocycles. The molecule has 0 saturated carbocycles. The standard InChI is InChI=1S/C70H76N6O12S2/c1-81-55-33-25-51(26-34-55)69(49-19-13-11-14-20-49,52-27-35-56(82-2)36-28-52)73-59-41-43-75(67(79)71-59)61-47-89-65(87-61)45-85-63(77)23-17-9-7-5-6-8-10-18-24-64(78)86-46-66-88-62(48-90-66)76-44-42-60(72-68(76)80)74-70(50-21-15-12-16-22-50,53-29-37-57(83-3)38-30-53)54-31-39-58(84-4)40-32-54/h11-16,19-22,25-44,61-62,65-66H,5-10,17-18,23-24,45-48H2,1-4H3,(H,71,73,79)(H,72,74,80)/t61-,62-,65+,66+/m0/s1. The first kappa shape index (κ1) is 64.4.